The molecule has 0 saturated carbocycles. The van der Waals surface area contributed by atoms with Crippen LogP contribution in [-0.2, 0) is 27.2 Å². The van der Waals surface area contributed by atoms with E-state index in [2.05, 4.69) is 35.7 Å². The molecular formula is C35H43N9O4. The van der Waals surface area contributed by atoms with Gasteiger partial charge in [0.15, 0.2) is 5.78 Å². The minimum Gasteiger partial charge on any atom is -0.444 e. The number of amides is 1. The Morgan fingerprint density at radius 2 is 1.23 bits per heavy atom. The molecule has 0 aliphatic carbocycles. The molecule has 2 aromatic carbocycles. The van der Waals surface area contributed by atoms with Gasteiger partial charge in [0.25, 0.3) is 0 Å². The number of Topliss-reactive ketones (excluding diaryl/α,β-unsaturated/α-hetero) is 2. The fraction of sp³-hybridized carbons (Fsp3) is 0.286. The number of rotatable bonds is 11. The van der Waals surface area contributed by atoms with Gasteiger partial charge in [-0.3, -0.25) is 14.9 Å². The highest BCUT2D eigenvalue weighted by Crippen LogP contribution is 2.25. The molecule has 0 fully saturated rings. The highest BCUT2D eigenvalue weighted by Gasteiger charge is 2.18. The molecule has 2 heterocycles. The smallest absolute Gasteiger partial charge is 0.413 e. The summed E-state index contributed by atoms with van der Waals surface area (Å²) in [7, 11) is 0. The Balaban J connectivity index is 0.000000340. The van der Waals surface area contributed by atoms with E-state index in [0.717, 1.165) is 5.69 Å². The van der Waals surface area contributed by atoms with E-state index in [-0.39, 0.29) is 38.4 Å². The fourth-order valence-electron chi connectivity index (χ4n) is 3.71. The zero-order chi connectivity index (χ0) is 34.2. The number of aromatic nitrogens is 2. The van der Waals surface area contributed by atoms with Crippen molar-refractivity contribution < 1.29 is 19.1 Å². The zero-order valence-electron chi connectivity index (χ0n) is 26.9. The van der Waals surface area contributed by atoms with Gasteiger partial charge in [-0.1, -0.05) is 50.7 Å². The number of anilines is 2. The summed E-state index contributed by atoms with van der Waals surface area (Å²) in [5, 5.41) is 19.2. The average molecular weight is 654 g/mol. The van der Waals surface area contributed by atoms with Gasteiger partial charge in [0, 0.05) is 6.42 Å². The third-order valence-corrected chi connectivity index (χ3v) is 5.96. The van der Waals surface area contributed by atoms with Crippen LogP contribution in [0.1, 0.15) is 52.9 Å². The average Bonchev–Trinajstić information content (AvgIpc) is 3.04. The lowest BCUT2D eigenvalue weighted by atomic mass is 10.1. The van der Waals surface area contributed by atoms with Crippen molar-refractivity contribution in [3.8, 4) is 0 Å². The maximum absolute atomic E-state index is 11.9. The molecule has 4 aromatic rings. The summed E-state index contributed by atoms with van der Waals surface area (Å²) in [5.74, 6) is 0.526. The molecule has 252 valence electrons. The molecule has 0 atom stereocenters. The molecule has 5 N–H and O–H groups in total. The number of nitrogens with zero attached hydrogens (tertiary/aromatic N) is 6. The van der Waals surface area contributed by atoms with Gasteiger partial charge >= 0.3 is 6.09 Å². The van der Waals surface area contributed by atoms with E-state index in [9.17, 15) is 14.4 Å². The molecule has 0 aliphatic heterocycles. The molecule has 0 aliphatic rings. The SMILES string of the molecule is C.CCC(=O)Cc1nc(NC(=O)OC(C)(C)C)ccc1N=Nc1ccccc1.NCC(=O)Cc1nc(N)ccc1N=Nc1ccccc1. The Morgan fingerprint density at radius 3 is 1.73 bits per heavy atom. The minimum absolute atomic E-state index is 0. The van der Waals surface area contributed by atoms with E-state index < -0.39 is 11.7 Å². The summed E-state index contributed by atoms with van der Waals surface area (Å²) < 4.78 is 5.22. The highest BCUT2D eigenvalue weighted by molar-refractivity contribution is 5.85. The topological polar surface area (TPSA) is 200 Å². The Hall–Kier alpha value is -5.69. The predicted octanol–water partition coefficient (Wildman–Crippen LogP) is 8.15. The highest BCUT2D eigenvalue weighted by atomic mass is 16.6. The molecule has 0 bridgehead atoms. The number of nitrogens with two attached hydrogens (primary N) is 2. The maximum Gasteiger partial charge on any atom is 0.413 e. The largest absolute Gasteiger partial charge is 0.444 e. The number of carbonyl (C=O) groups excluding carboxylic acids is 3. The Kier molecular flexibility index (Phi) is 15.3. The Labute approximate surface area is 281 Å². The predicted molar refractivity (Wildman–Crippen MR) is 187 cm³/mol. The lowest BCUT2D eigenvalue weighted by molar-refractivity contribution is -0.118. The lowest BCUT2D eigenvalue weighted by Gasteiger charge is -2.19. The van der Waals surface area contributed by atoms with E-state index in [1.165, 1.54) is 0 Å². The van der Waals surface area contributed by atoms with Crippen molar-refractivity contribution in [1.82, 2.24) is 9.97 Å². The summed E-state index contributed by atoms with van der Waals surface area (Å²) in [4.78, 5) is 43.8. The molecule has 0 radical (unpaired) electrons. The molecule has 0 unspecified atom stereocenters. The van der Waals surface area contributed by atoms with E-state index >= 15 is 0 Å². The van der Waals surface area contributed by atoms with Crippen molar-refractivity contribution in [1.29, 1.82) is 0 Å². The van der Waals surface area contributed by atoms with Gasteiger partial charge in [-0.2, -0.15) is 10.2 Å². The van der Waals surface area contributed by atoms with Gasteiger partial charge in [-0.15, -0.1) is 10.2 Å². The first kappa shape index (κ1) is 38.5. The molecule has 13 nitrogen and oxygen atoms in total. The molecule has 0 spiro atoms. The van der Waals surface area contributed by atoms with Crippen LogP contribution in [0, 0.1) is 0 Å². The van der Waals surface area contributed by atoms with Gasteiger partial charge in [0.1, 0.15) is 34.4 Å². The van der Waals surface area contributed by atoms with Crippen LogP contribution in [0.2, 0.25) is 0 Å². The summed E-state index contributed by atoms with van der Waals surface area (Å²) in [6, 6.07) is 25.2. The number of ether oxygens (including phenoxy) is 1. The summed E-state index contributed by atoms with van der Waals surface area (Å²) in [6.07, 6.45) is -0.00380. The van der Waals surface area contributed by atoms with Crippen LogP contribution >= 0.6 is 0 Å². The van der Waals surface area contributed by atoms with Crippen molar-refractivity contribution >= 4 is 52.0 Å². The first-order chi connectivity index (χ1) is 22.5. The van der Waals surface area contributed by atoms with Crippen molar-refractivity contribution in [3.63, 3.8) is 0 Å². The monoisotopic (exact) mass is 653 g/mol. The van der Waals surface area contributed by atoms with Crippen LogP contribution in [0.5, 0.6) is 0 Å². The molecule has 4 rings (SSSR count). The second-order valence-electron chi connectivity index (χ2n) is 11.1. The van der Waals surface area contributed by atoms with Crippen molar-refractivity contribution in [2.75, 3.05) is 17.6 Å². The second-order valence-corrected chi connectivity index (χ2v) is 11.1. The number of pyridine rings is 2. The number of benzene rings is 2. The summed E-state index contributed by atoms with van der Waals surface area (Å²) >= 11 is 0. The number of hydrogen-bond acceptors (Lipinski definition) is 12. The number of carbonyl (C=O) groups is 3. The first-order valence-corrected chi connectivity index (χ1v) is 14.9. The Bertz CT molecular complexity index is 1700. The summed E-state index contributed by atoms with van der Waals surface area (Å²) in [5.41, 5.74) is 13.7. The maximum atomic E-state index is 11.9. The lowest BCUT2D eigenvalue weighted by Crippen LogP contribution is -2.27. The van der Waals surface area contributed by atoms with Crippen molar-refractivity contribution in [2.24, 2.45) is 26.2 Å². The van der Waals surface area contributed by atoms with Crippen molar-refractivity contribution in [3.05, 3.63) is 96.3 Å². The number of nitrogens with one attached hydrogen (secondary N) is 1. The van der Waals surface area contributed by atoms with Crippen LogP contribution in [0.15, 0.2) is 105 Å². The number of ketones is 2. The molecule has 13 heteroatoms. The first-order valence-electron chi connectivity index (χ1n) is 14.9. The van der Waals surface area contributed by atoms with E-state index in [1.807, 2.05) is 60.7 Å². The van der Waals surface area contributed by atoms with Crippen LogP contribution in [-0.4, -0.2) is 39.8 Å². The Morgan fingerprint density at radius 1 is 0.729 bits per heavy atom. The molecule has 2 aromatic heterocycles. The standard InChI is InChI=1S/C20H24N4O3.C14H15N5O.CH4/c1-5-15(25)13-17-16(24-23-14-9-7-6-8-10-14)11-12-18(21-17)22-19(26)27-20(2,3)4;15-9-11(20)8-13-12(6-7-14(16)17-13)19-18-10-4-2-1-3-5-10;/h6-12H,5,13H2,1-4H3,(H,21,22,26);1-7H,8-9,15H2,(H2,16,17);1H4. The molecule has 1 amide bonds. The fourth-order valence-corrected chi connectivity index (χ4v) is 3.71. The van der Waals surface area contributed by atoms with E-state index in [4.69, 9.17) is 16.2 Å². The van der Waals surface area contributed by atoms with Crippen LogP contribution in [0.25, 0.3) is 0 Å². The number of hydrogen-bond donors (Lipinski definition) is 3. The van der Waals surface area contributed by atoms with Gasteiger partial charge in [0.05, 0.1) is 42.1 Å². The number of azo groups is 2. The van der Waals surface area contributed by atoms with Gasteiger partial charge < -0.3 is 16.2 Å². The number of nitrogen functional groups attached to an aromatic ring is 1. The third-order valence-electron chi connectivity index (χ3n) is 5.96. The van der Waals surface area contributed by atoms with E-state index in [1.54, 1.807) is 52.0 Å². The normalized spacial score (nSPS) is 10.9. The van der Waals surface area contributed by atoms with Gasteiger partial charge in [-0.25, -0.2) is 14.8 Å². The second kappa shape index (κ2) is 19.1. The molecule has 0 saturated heterocycles. The minimum atomic E-state index is -0.616. The summed E-state index contributed by atoms with van der Waals surface area (Å²) in [6.45, 7) is 7.08. The molecular weight excluding hydrogens is 610 g/mol. The van der Waals surface area contributed by atoms with Crippen LogP contribution in [0.3, 0.4) is 0 Å². The van der Waals surface area contributed by atoms with Gasteiger partial charge in [-0.05, 0) is 69.3 Å². The van der Waals surface area contributed by atoms with Crippen molar-refractivity contribution in [2.45, 2.75) is 60.0 Å². The molecule has 48 heavy (non-hydrogen) atoms. The third kappa shape index (κ3) is 13.7. The van der Waals surface area contributed by atoms with Crippen LogP contribution in [0.4, 0.5) is 39.2 Å². The van der Waals surface area contributed by atoms with E-state index in [0.29, 0.717) is 46.5 Å². The quantitative estimate of drug-likeness (QED) is 0.135. The van der Waals surface area contributed by atoms with Crippen LogP contribution < -0.4 is 16.8 Å². The zero-order valence-corrected chi connectivity index (χ0v) is 26.9. The van der Waals surface area contributed by atoms with Gasteiger partial charge in [0.2, 0.25) is 0 Å².